The minimum atomic E-state index is 0.484. The summed E-state index contributed by atoms with van der Waals surface area (Å²) in [6.07, 6.45) is 2.17. The van der Waals surface area contributed by atoms with E-state index in [4.69, 9.17) is 16.3 Å². The molecule has 1 nitrogen and oxygen atoms in total. The first kappa shape index (κ1) is 34.0. The topological polar surface area (TPSA) is 9.23 Å². The molecule has 0 bridgehead atoms. The number of aryl methyl sites for hydroxylation is 2. The normalized spacial score (nSPS) is 9.14. The molecule has 0 fully saturated rings. The number of ether oxygens (including phenoxy) is 1. The molecule has 0 atom stereocenters. The second-order valence-corrected chi connectivity index (χ2v) is 8.16. The standard InChI is InChI=1S/C14H14.C9H12O.C8H9Cl.2C2H6/c1-12(13-8-4-2-5-9-13)14-10-6-3-7-11-14;1-3-8-4-6-9(10-2)7-5-8;1-2-7-3-5-8(9)6-4-7;2*1-2/h2-12H,1H3;4-7H,3H2,1-2H3;3-6H,2H2,1H3;2*1-2H3. The molecule has 0 spiro atoms. The van der Waals surface area contributed by atoms with Crippen LogP contribution in [0.1, 0.15) is 76.6 Å². The van der Waals surface area contributed by atoms with E-state index in [9.17, 15) is 0 Å². The van der Waals surface area contributed by atoms with Crippen LogP contribution in [-0.4, -0.2) is 7.11 Å². The monoisotopic (exact) mass is 518 g/mol. The van der Waals surface area contributed by atoms with Crippen molar-refractivity contribution in [2.75, 3.05) is 7.11 Å². The SMILES string of the molecule is CC.CC.CC(c1ccccc1)c1ccccc1.CCc1ccc(Cl)cc1.CCc1ccc(OC)cc1. The Morgan fingerprint density at radius 2 is 0.919 bits per heavy atom. The van der Waals surface area contributed by atoms with Crippen LogP contribution in [0.25, 0.3) is 0 Å². The van der Waals surface area contributed by atoms with Crippen molar-refractivity contribution in [1.29, 1.82) is 0 Å². The van der Waals surface area contributed by atoms with E-state index in [0.717, 1.165) is 23.6 Å². The highest BCUT2D eigenvalue weighted by Crippen LogP contribution is 2.22. The zero-order valence-electron chi connectivity index (χ0n) is 24.2. The molecule has 2 heteroatoms. The maximum absolute atomic E-state index is 5.67. The molecule has 0 saturated heterocycles. The number of methoxy groups -OCH3 is 1. The van der Waals surface area contributed by atoms with Gasteiger partial charge in [0.2, 0.25) is 0 Å². The third-order valence-corrected chi connectivity index (χ3v) is 5.74. The first-order valence-corrected chi connectivity index (χ1v) is 13.9. The van der Waals surface area contributed by atoms with Gasteiger partial charge in [-0.05, 0) is 59.4 Å². The van der Waals surface area contributed by atoms with Crippen molar-refractivity contribution in [3.05, 3.63) is 136 Å². The number of halogens is 1. The summed E-state index contributed by atoms with van der Waals surface area (Å²) in [7, 11) is 1.68. The zero-order valence-corrected chi connectivity index (χ0v) is 24.9. The molecular weight excluding hydrogens is 472 g/mol. The van der Waals surface area contributed by atoms with Crippen LogP contribution in [0.15, 0.2) is 109 Å². The molecule has 0 aromatic heterocycles. The van der Waals surface area contributed by atoms with Crippen molar-refractivity contribution in [1.82, 2.24) is 0 Å². The molecule has 0 aliphatic carbocycles. The summed E-state index contributed by atoms with van der Waals surface area (Å²) in [5, 5.41) is 0.812. The summed E-state index contributed by atoms with van der Waals surface area (Å²) in [5.74, 6) is 1.41. The third kappa shape index (κ3) is 14.3. The quantitative estimate of drug-likeness (QED) is 0.255. The van der Waals surface area contributed by atoms with Gasteiger partial charge in [-0.15, -0.1) is 0 Å². The van der Waals surface area contributed by atoms with Crippen LogP contribution in [0.3, 0.4) is 0 Å². The smallest absolute Gasteiger partial charge is 0.118 e. The predicted octanol–water partition coefficient (Wildman–Crippen LogP) is 11.1. The largest absolute Gasteiger partial charge is 0.497 e. The van der Waals surface area contributed by atoms with Gasteiger partial charge < -0.3 is 4.74 Å². The Bertz CT molecular complexity index is 948. The summed E-state index contributed by atoms with van der Waals surface area (Å²) < 4.78 is 5.01. The lowest BCUT2D eigenvalue weighted by atomic mass is 9.93. The Labute approximate surface area is 232 Å². The van der Waals surface area contributed by atoms with Crippen molar-refractivity contribution < 1.29 is 4.74 Å². The molecule has 0 amide bonds. The van der Waals surface area contributed by atoms with E-state index in [1.54, 1.807) is 7.11 Å². The highest BCUT2D eigenvalue weighted by atomic mass is 35.5. The van der Waals surface area contributed by atoms with E-state index in [2.05, 4.69) is 93.6 Å². The molecular formula is C35H47ClO. The van der Waals surface area contributed by atoms with E-state index in [1.807, 2.05) is 64.1 Å². The Kier molecular flexibility index (Phi) is 20.4. The van der Waals surface area contributed by atoms with E-state index in [-0.39, 0.29) is 0 Å². The fourth-order valence-electron chi connectivity index (χ4n) is 3.26. The van der Waals surface area contributed by atoms with Crippen LogP contribution in [0.5, 0.6) is 5.75 Å². The highest BCUT2D eigenvalue weighted by Gasteiger charge is 2.05. The molecule has 0 heterocycles. The van der Waals surface area contributed by atoms with Crippen LogP contribution in [0.2, 0.25) is 5.02 Å². The van der Waals surface area contributed by atoms with Gasteiger partial charge in [-0.3, -0.25) is 0 Å². The van der Waals surface area contributed by atoms with Gasteiger partial charge >= 0.3 is 0 Å². The van der Waals surface area contributed by atoms with Crippen molar-refractivity contribution >= 4 is 11.6 Å². The lowest BCUT2D eigenvalue weighted by Crippen LogP contribution is -1.94. The molecule has 4 aromatic rings. The van der Waals surface area contributed by atoms with Gasteiger partial charge in [-0.2, -0.15) is 0 Å². The molecule has 200 valence electrons. The van der Waals surface area contributed by atoms with Gasteiger partial charge in [-0.1, -0.05) is 145 Å². The maximum Gasteiger partial charge on any atom is 0.118 e. The summed E-state index contributed by atoms with van der Waals surface area (Å²) >= 11 is 5.67. The summed E-state index contributed by atoms with van der Waals surface area (Å²) in [6, 6.07) is 37.3. The summed E-state index contributed by atoms with van der Waals surface area (Å²) in [4.78, 5) is 0. The average molecular weight is 519 g/mol. The van der Waals surface area contributed by atoms with E-state index in [0.29, 0.717) is 5.92 Å². The highest BCUT2D eigenvalue weighted by molar-refractivity contribution is 6.30. The van der Waals surface area contributed by atoms with Crippen molar-refractivity contribution in [2.45, 2.75) is 67.2 Å². The fraction of sp³-hybridized carbons (Fsp3) is 0.314. The predicted molar refractivity (Wildman–Crippen MR) is 166 cm³/mol. The molecule has 0 saturated carbocycles. The van der Waals surface area contributed by atoms with Gasteiger partial charge in [0.15, 0.2) is 0 Å². The van der Waals surface area contributed by atoms with E-state index < -0.39 is 0 Å². The molecule has 4 rings (SSSR count). The first-order valence-electron chi connectivity index (χ1n) is 13.5. The van der Waals surface area contributed by atoms with Crippen LogP contribution >= 0.6 is 11.6 Å². The van der Waals surface area contributed by atoms with Crippen LogP contribution in [0, 0.1) is 0 Å². The van der Waals surface area contributed by atoms with Gasteiger partial charge in [0.25, 0.3) is 0 Å². The Morgan fingerprint density at radius 3 is 1.24 bits per heavy atom. The van der Waals surface area contributed by atoms with Gasteiger partial charge in [0.1, 0.15) is 5.75 Å². The molecule has 37 heavy (non-hydrogen) atoms. The number of hydrogen-bond acceptors (Lipinski definition) is 1. The lowest BCUT2D eigenvalue weighted by molar-refractivity contribution is 0.414. The zero-order chi connectivity index (χ0) is 27.9. The van der Waals surface area contributed by atoms with Crippen LogP contribution in [0.4, 0.5) is 0 Å². The molecule has 0 radical (unpaired) electrons. The molecule has 4 aromatic carbocycles. The number of hydrogen-bond donors (Lipinski definition) is 0. The average Bonchev–Trinajstić information content (AvgIpc) is 3.01. The second-order valence-electron chi connectivity index (χ2n) is 7.72. The molecule has 0 unspecified atom stereocenters. The van der Waals surface area contributed by atoms with Crippen molar-refractivity contribution in [3.63, 3.8) is 0 Å². The van der Waals surface area contributed by atoms with Crippen LogP contribution in [-0.2, 0) is 12.8 Å². The fourth-order valence-corrected chi connectivity index (χ4v) is 3.38. The molecule has 0 aliphatic rings. The minimum absolute atomic E-state index is 0.484. The van der Waals surface area contributed by atoms with Gasteiger partial charge in [0, 0.05) is 10.9 Å². The Hall–Kier alpha value is -3.03. The Balaban J connectivity index is 0.000000504. The second kappa shape index (κ2) is 22.2. The summed E-state index contributed by atoms with van der Waals surface area (Å²) in [5.41, 5.74) is 5.43. The van der Waals surface area contributed by atoms with Crippen molar-refractivity contribution in [3.8, 4) is 5.75 Å². The number of rotatable bonds is 5. The van der Waals surface area contributed by atoms with E-state index >= 15 is 0 Å². The molecule has 0 aliphatic heterocycles. The number of benzene rings is 4. The molecule has 0 N–H and O–H groups in total. The van der Waals surface area contributed by atoms with Crippen molar-refractivity contribution in [2.24, 2.45) is 0 Å². The first-order chi connectivity index (χ1) is 18.1. The van der Waals surface area contributed by atoms with Crippen LogP contribution < -0.4 is 4.74 Å². The van der Waals surface area contributed by atoms with E-state index in [1.165, 1.54) is 22.3 Å². The van der Waals surface area contributed by atoms with Gasteiger partial charge in [-0.25, -0.2) is 0 Å². The minimum Gasteiger partial charge on any atom is -0.497 e. The summed E-state index contributed by atoms with van der Waals surface area (Å²) in [6.45, 7) is 14.5. The maximum atomic E-state index is 5.67. The lowest BCUT2D eigenvalue weighted by Gasteiger charge is -2.11. The Morgan fingerprint density at radius 1 is 0.568 bits per heavy atom. The third-order valence-electron chi connectivity index (χ3n) is 5.49. The van der Waals surface area contributed by atoms with Gasteiger partial charge in [0.05, 0.1) is 7.11 Å².